The van der Waals surface area contributed by atoms with E-state index in [0.717, 1.165) is 47.9 Å². The second-order valence-electron chi connectivity index (χ2n) is 30.1. The average molecular weight is 1840 g/mol. The van der Waals surface area contributed by atoms with Gasteiger partial charge >= 0.3 is 64.2 Å². The number of methoxy groups -OCH3 is 2. The average Bonchev–Trinajstić information content (AvgIpc) is 1.68. The number of sulfonamides is 4. The number of fused-ring (bicyclic) bond motifs is 2. The summed E-state index contributed by atoms with van der Waals surface area (Å²) in [5.41, 5.74) is 13.6. The molecule has 129 heavy (non-hydrogen) atoms. The number of rotatable bonds is 20. The van der Waals surface area contributed by atoms with Gasteiger partial charge < -0.3 is 35.6 Å². The highest BCUT2D eigenvalue weighted by Crippen LogP contribution is 2.43. The number of hydrogen-bond acceptors (Lipinski definition) is 26. The standard InChI is InChI=1S/C22H21FN6O3S.C22H24FN5O4S.C22H23N5O4S.C21H20FN5O3S/c1-12(2)17-10-16(23)11-18(15-6-7-25-19(9-15)24-5)20(17)28-21(30)29-33(31,32)22-26-13(3)8-14(4)27-22;1-12(2)17-10-16(23)11-18(15-6-7-24-19(9-15)32-5)20(17)27-21(29)28-33(30,31)22-25-13(3)8-14(4)26-22;1-13-11-14(2)25-22(24-13)32(29,30)27-21(28)26-20-17-6-4-5-15(17)7-8-18(20)16-9-10-23-19(12-16)31-3;1-12-10-13(2)25-21(24-12)31(29,30)27-20(28)26-19-16-5-3-4-15(16)18(22)11-17(19)14-6-8-23-9-7-14/h6-12H,1-4H3,(H2,28,29,30);6-12H,1-5H3,(H2,27,28,29);7-12H,4-6H2,1-3H3,(H2,26,27,28);6-11H,3-5H2,1-2H3,(H2,26,27,28). The zero-order valence-electron chi connectivity index (χ0n) is 72.0. The Kier molecular flexibility index (Phi) is 29.9. The van der Waals surface area contributed by atoms with Crippen molar-refractivity contribution in [1.29, 1.82) is 0 Å². The molecular formula is C87H88F3N21O14S4. The fourth-order valence-corrected chi connectivity index (χ4v) is 17.7. The van der Waals surface area contributed by atoms with E-state index >= 15 is 0 Å². The molecule has 4 aromatic carbocycles. The molecule has 670 valence electrons. The molecule has 8 heterocycles. The van der Waals surface area contributed by atoms with Crippen LogP contribution < -0.4 is 49.6 Å². The van der Waals surface area contributed by atoms with Gasteiger partial charge in [-0.2, -0.15) is 33.7 Å². The fraction of sp³-hybridized carbons (Fsp3) is 0.253. The third kappa shape index (κ3) is 24.0. The summed E-state index contributed by atoms with van der Waals surface area (Å²) in [5, 5.41) is 8.49. The summed E-state index contributed by atoms with van der Waals surface area (Å²) in [5.74, 6) is -0.965. The minimum absolute atomic E-state index is 0.0906. The maximum absolute atomic E-state index is 14.7. The number of carbonyl (C=O) groups excluding carboxylic acids is 4. The van der Waals surface area contributed by atoms with E-state index in [4.69, 9.17) is 16.0 Å². The molecule has 0 aliphatic heterocycles. The second kappa shape index (κ2) is 40.5. The minimum Gasteiger partial charge on any atom is -0.481 e. The number of pyridine rings is 4. The van der Waals surface area contributed by atoms with Crippen molar-refractivity contribution in [2.24, 2.45) is 0 Å². The van der Waals surface area contributed by atoms with E-state index in [1.807, 2.05) is 50.9 Å². The molecule has 0 bridgehead atoms. The molecule has 2 aliphatic carbocycles. The predicted octanol–water partition coefficient (Wildman–Crippen LogP) is 14.9. The summed E-state index contributed by atoms with van der Waals surface area (Å²) in [4.78, 5) is 102. The molecule has 35 nitrogen and oxygen atoms in total. The Bertz CT molecular complexity index is 6840. The highest BCUT2D eigenvalue weighted by Gasteiger charge is 2.32. The number of nitrogens with zero attached hydrogens (tertiary/aromatic N) is 13. The van der Waals surface area contributed by atoms with Crippen LogP contribution in [-0.4, -0.2) is 132 Å². The summed E-state index contributed by atoms with van der Waals surface area (Å²) in [6, 6.07) is 26.1. The molecule has 0 spiro atoms. The van der Waals surface area contributed by atoms with E-state index in [0.29, 0.717) is 132 Å². The maximum atomic E-state index is 14.7. The molecule has 0 saturated carbocycles. The quantitative estimate of drug-likeness (QED) is 0.0259. The van der Waals surface area contributed by atoms with Crippen LogP contribution in [0.5, 0.6) is 11.8 Å². The summed E-state index contributed by atoms with van der Waals surface area (Å²) in [6.07, 6.45) is 12.2. The molecule has 12 aromatic rings. The highest BCUT2D eigenvalue weighted by atomic mass is 32.2. The summed E-state index contributed by atoms with van der Waals surface area (Å²) in [7, 11) is -14.3. The van der Waals surface area contributed by atoms with Crippen molar-refractivity contribution in [2.45, 2.75) is 154 Å². The minimum atomic E-state index is -4.36. The third-order valence-corrected chi connectivity index (χ3v) is 24.0. The second-order valence-corrected chi connectivity index (χ2v) is 36.4. The first-order valence-corrected chi connectivity index (χ1v) is 45.5. The van der Waals surface area contributed by atoms with Crippen molar-refractivity contribution < 1.29 is 75.5 Å². The zero-order chi connectivity index (χ0) is 93.7. The number of urea groups is 4. The van der Waals surface area contributed by atoms with E-state index in [-0.39, 0.29) is 40.4 Å². The van der Waals surface area contributed by atoms with Crippen molar-refractivity contribution in [3.8, 4) is 56.3 Å². The lowest BCUT2D eigenvalue weighted by molar-refractivity contribution is 0.255. The lowest BCUT2D eigenvalue weighted by Gasteiger charge is -2.19. The number of anilines is 4. The van der Waals surface area contributed by atoms with Gasteiger partial charge in [0.05, 0.1) is 37.0 Å². The van der Waals surface area contributed by atoms with E-state index in [1.165, 1.54) is 63.0 Å². The molecule has 8 N–H and O–H groups in total. The largest absolute Gasteiger partial charge is 0.481 e. The first kappa shape index (κ1) is 95.2. The van der Waals surface area contributed by atoms with Gasteiger partial charge in [-0.3, -0.25) is 4.98 Å². The van der Waals surface area contributed by atoms with Gasteiger partial charge in [0, 0.05) is 105 Å². The number of carbonyl (C=O) groups is 4. The van der Waals surface area contributed by atoms with Gasteiger partial charge in [-0.25, -0.2) is 101 Å². The van der Waals surface area contributed by atoms with Gasteiger partial charge in [0.2, 0.25) is 11.8 Å². The molecule has 0 radical (unpaired) electrons. The Hall–Kier alpha value is -14.4. The van der Waals surface area contributed by atoms with E-state index < -0.39 is 96.5 Å². The van der Waals surface area contributed by atoms with Gasteiger partial charge in [-0.05, 0) is 252 Å². The van der Waals surface area contributed by atoms with Crippen molar-refractivity contribution in [3.05, 3.63) is 254 Å². The Morgan fingerprint density at radius 1 is 0.372 bits per heavy atom. The first-order chi connectivity index (χ1) is 61.0. The van der Waals surface area contributed by atoms with Gasteiger partial charge in [-0.15, -0.1) is 4.98 Å². The summed E-state index contributed by atoms with van der Waals surface area (Å²) < 4.78 is 163. The van der Waals surface area contributed by atoms with Crippen LogP contribution in [0, 0.1) is 79.4 Å². The van der Waals surface area contributed by atoms with Crippen LogP contribution >= 0.6 is 0 Å². The molecule has 0 saturated heterocycles. The fourth-order valence-electron chi connectivity index (χ4n) is 14.1. The highest BCUT2D eigenvalue weighted by molar-refractivity contribution is 7.90. The molecule has 8 aromatic heterocycles. The van der Waals surface area contributed by atoms with Crippen LogP contribution in [-0.2, 0) is 65.8 Å². The van der Waals surface area contributed by atoms with Gasteiger partial charge in [-0.1, -0.05) is 46.4 Å². The molecule has 8 amide bonds. The molecule has 0 atom stereocenters. The van der Waals surface area contributed by atoms with Crippen LogP contribution in [0.4, 0.5) is 60.9 Å². The predicted molar refractivity (Wildman–Crippen MR) is 474 cm³/mol. The van der Waals surface area contributed by atoms with Crippen LogP contribution in [0.3, 0.4) is 0 Å². The van der Waals surface area contributed by atoms with Crippen LogP contribution in [0.15, 0.2) is 167 Å². The number of ether oxygens (including phenoxy) is 2. The molecule has 42 heteroatoms. The lowest BCUT2D eigenvalue weighted by atomic mass is 9.94. The Balaban J connectivity index is 0.000000166. The Morgan fingerprint density at radius 3 is 1.08 bits per heavy atom. The topological polar surface area (TPSA) is 479 Å². The molecule has 0 unspecified atom stereocenters. The van der Waals surface area contributed by atoms with Gasteiger partial charge in [0.15, 0.2) is 0 Å². The van der Waals surface area contributed by atoms with E-state index in [2.05, 4.69) is 85.9 Å². The van der Waals surface area contributed by atoms with E-state index in [9.17, 15) is 66.0 Å². The van der Waals surface area contributed by atoms with Crippen LogP contribution in [0.2, 0.25) is 0 Å². The number of halogens is 3. The van der Waals surface area contributed by atoms with Crippen LogP contribution in [0.25, 0.3) is 49.4 Å². The Labute approximate surface area is 742 Å². The normalized spacial score (nSPS) is 12.1. The number of amides is 8. The summed E-state index contributed by atoms with van der Waals surface area (Å²) >= 11 is 0. The number of hydrogen-bond donors (Lipinski definition) is 8. The smallest absolute Gasteiger partial charge is 0.333 e. The maximum Gasteiger partial charge on any atom is 0.333 e. The van der Waals surface area contributed by atoms with Crippen molar-refractivity contribution in [2.75, 3.05) is 35.5 Å². The molecule has 2 aliphatic rings. The number of nitrogens with one attached hydrogen (secondary N) is 8. The third-order valence-electron chi connectivity index (χ3n) is 19.5. The summed E-state index contributed by atoms with van der Waals surface area (Å²) in [6.45, 7) is 27.5. The van der Waals surface area contributed by atoms with Crippen molar-refractivity contribution in [1.82, 2.24) is 78.7 Å². The van der Waals surface area contributed by atoms with Crippen LogP contribution in [0.1, 0.15) is 131 Å². The van der Waals surface area contributed by atoms with Gasteiger partial charge in [0.25, 0.3) is 26.4 Å². The molecule has 14 rings (SSSR count). The monoisotopic (exact) mass is 1840 g/mol. The lowest BCUT2D eigenvalue weighted by Crippen LogP contribution is -2.36. The number of aryl methyl sites for hydroxylation is 9. The van der Waals surface area contributed by atoms with Crippen molar-refractivity contribution in [3.63, 3.8) is 0 Å². The van der Waals surface area contributed by atoms with Crippen molar-refractivity contribution >= 4 is 92.8 Å². The molecular weight excluding hydrogens is 1750 g/mol. The first-order valence-electron chi connectivity index (χ1n) is 39.6. The van der Waals surface area contributed by atoms with E-state index in [1.54, 1.807) is 148 Å². The molecule has 0 fully saturated rings. The number of benzene rings is 4. The van der Waals surface area contributed by atoms with Gasteiger partial charge in [0.1, 0.15) is 23.6 Å². The zero-order valence-corrected chi connectivity index (χ0v) is 75.3. The SMILES string of the molecule is COc1cc(-c2cc(F)cc(C(C)C)c2NC(=O)NS(=O)(=O)c2nc(C)cc(C)n2)ccn1.COc1cc(-c2ccc3c(c2NC(=O)NS(=O)(=O)c2nc(C)cc(C)n2)CCC3)ccn1.Cc1cc(C)nc(S(=O)(=O)NC(=O)Nc2c(-c3ccncc3)cc(F)c3c2CCC3)n1.[C-]#[N+]c1cc(-c2cc(F)cc(C(C)C)c2NC(=O)NS(=O)(=O)c2nc(C)cc(C)n2)ccn1. The Morgan fingerprint density at radius 2 is 0.698 bits per heavy atom. The number of aromatic nitrogens is 12.